The van der Waals surface area contributed by atoms with Crippen LogP contribution in [-0.4, -0.2) is 25.2 Å². The van der Waals surface area contributed by atoms with Gasteiger partial charge in [-0.15, -0.1) is 0 Å². The van der Waals surface area contributed by atoms with Gasteiger partial charge >= 0.3 is 11.9 Å². The van der Waals surface area contributed by atoms with Gasteiger partial charge in [0.1, 0.15) is 0 Å². The average molecular weight is 359 g/mol. The first-order chi connectivity index (χ1) is 12.1. The second-order valence-electron chi connectivity index (χ2n) is 6.29. The molecule has 0 unspecified atom stereocenters. The lowest BCUT2D eigenvalue weighted by Crippen LogP contribution is -2.03. The summed E-state index contributed by atoms with van der Waals surface area (Å²) in [5.74, 6) is -0.0929. The molecule has 0 rings (SSSR count). The minimum atomic E-state index is -0.0522. The lowest BCUT2D eigenvalue weighted by Gasteiger charge is -2.01. The Morgan fingerprint density at radius 3 is 1.20 bits per heavy atom. The first-order valence-electron chi connectivity index (χ1n) is 10.4. The fraction of sp³-hybridized carbons (Fsp3) is 0.905. The van der Waals surface area contributed by atoms with Gasteiger partial charge in [0.05, 0.1) is 13.2 Å². The number of carbonyl (C=O) groups is 2. The zero-order chi connectivity index (χ0) is 19.2. The van der Waals surface area contributed by atoms with Gasteiger partial charge in [-0.1, -0.05) is 71.6 Å². The molecule has 0 aliphatic carbocycles. The maximum Gasteiger partial charge on any atom is 0.305 e. The van der Waals surface area contributed by atoms with Crippen molar-refractivity contribution >= 4 is 11.9 Å². The standard InChI is InChI=1S/C12H24O2.C9H18O2/c1-3-5-6-7-8-9-10-11-12(13)14-4-2;1-3-5-6-7-8-9(10)11-4-2/h3-11H2,1-2H3;3-8H2,1-2H3. The molecule has 0 amide bonds. The third-order valence-electron chi connectivity index (χ3n) is 3.83. The maximum atomic E-state index is 11.0. The van der Waals surface area contributed by atoms with Gasteiger partial charge in [0.25, 0.3) is 0 Å². The predicted octanol–water partition coefficient (Wildman–Crippen LogP) is 6.21. The Bertz CT molecular complexity index is 290. The van der Waals surface area contributed by atoms with E-state index in [4.69, 9.17) is 9.47 Å². The molecule has 0 aromatic rings. The lowest BCUT2D eigenvalue weighted by molar-refractivity contribution is -0.144. The Morgan fingerprint density at radius 1 is 0.520 bits per heavy atom. The van der Waals surface area contributed by atoms with Crippen LogP contribution in [0.3, 0.4) is 0 Å². The van der Waals surface area contributed by atoms with E-state index in [2.05, 4.69) is 13.8 Å². The molecular formula is C21H42O4. The summed E-state index contributed by atoms with van der Waals surface area (Å²) in [6, 6.07) is 0. The van der Waals surface area contributed by atoms with Gasteiger partial charge in [-0.2, -0.15) is 0 Å². The fourth-order valence-electron chi connectivity index (χ4n) is 2.39. The van der Waals surface area contributed by atoms with Crippen molar-refractivity contribution in [3.05, 3.63) is 0 Å². The van der Waals surface area contributed by atoms with E-state index >= 15 is 0 Å². The topological polar surface area (TPSA) is 52.6 Å². The fourth-order valence-corrected chi connectivity index (χ4v) is 2.39. The minimum Gasteiger partial charge on any atom is -0.466 e. The Hall–Kier alpha value is -1.06. The predicted molar refractivity (Wildman–Crippen MR) is 105 cm³/mol. The van der Waals surface area contributed by atoms with E-state index in [1.807, 2.05) is 13.8 Å². The molecule has 0 aliphatic heterocycles. The molecule has 0 fully saturated rings. The number of unbranched alkanes of at least 4 members (excludes halogenated alkanes) is 9. The monoisotopic (exact) mass is 358 g/mol. The quantitative estimate of drug-likeness (QED) is 0.258. The molecule has 0 spiro atoms. The highest BCUT2D eigenvalue weighted by Crippen LogP contribution is 2.08. The third kappa shape index (κ3) is 25.3. The molecule has 0 bridgehead atoms. The van der Waals surface area contributed by atoms with Gasteiger partial charge < -0.3 is 9.47 Å². The van der Waals surface area contributed by atoms with Crippen molar-refractivity contribution < 1.29 is 19.1 Å². The van der Waals surface area contributed by atoms with Crippen LogP contribution in [0.4, 0.5) is 0 Å². The van der Waals surface area contributed by atoms with E-state index in [0.29, 0.717) is 26.1 Å². The van der Waals surface area contributed by atoms with Crippen LogP contribution in [0.2, 0.25) is 0 Å². The molecule has 0 aliphatic rings. The Balaban J connectivity index is 0. The van der Waals surface area contributed by atoms with Crippen LogP contribution in [0.1, 0.15) is 111 Å². The van der Waals surface area contributed by atoms with Crippen LogP contribution in [0.5, 0.6) is 0 Å². The number of esters is 2. The maximum absolute atomic E-state index is 11.0. The van der Waals surface area contributed by atoms with Crippen molar-refractivity contribution in [3.63, 3.8) is 0 Å². The van der Waals surface area contributed by atoms with Crippen molar-refractivity contribution in [2.45, 2.75) is 111 Å². The van der Waals surface area contributed by atoms with Crippen LogP contribution in [-0.2, 0) is 19.1 Å². The van der Waals surface area contributed by atoms with Crippen LogP contribution in [0, 0.1) is 0 Å². The summed E-state index contributed by atoms with van der Waals surface area (Å²) >= 11 is 0. The van der Waals surface area contributed by atoms with Crippen LogP contribution in [0.15, 0.2) is 0 Å². The molecule has 0 heterocycles. The zero-order valence-corrected chi connectivity index (χ0v) is 17.2. The number of ether oxygens (including phenoxy) is 2. The molecule has 0 aromatic carbocycles. The Morgan fingerprint density at radius 2 is 0.840 bits per heavy atom. The van der Waals surface area contributed by atoms with Gasteiger partial charge in [-0.3, -0.25) is 9.59 Å². The van der Waals surface area contributed by atoms with Crippen LogP contribution in [0.25, 0.3) is 0 Å². The molecular weight excluding hydrogens is 316 g/mol. The molecule has 150 valence electrons. The molecule has 0 saturated carbocycles. The second-order valence-corrected chi connectivity index (χ2v) is 6.29. The summed E-state index contributed by atoms with van der Waals surface area (Å²) in [6.07, 6.45) is 14.5. The number of rotatable bonds is 15. The van der Waals surface area contributed by atoms with Crippen molar-refractivity contribution in [3.8, 4) is 0 Å². The van der Waals surface area contributed by atoms with E-state index in [1.165, 1.54) is 51.4 Å². The van der Waals surface area contributed by atoms with Gasteiger partial charge in [0.2, 0.25) is 0 Å². The summed E-state index contributed by atoms with van der Waals surface area (Å²) < 4.78 is 9.63. The smallest absolute Gasteiger partial charge is 0.305 e. The molecule has 0 saturated heterocycles. The summed E-state index contributed by atoms with van der Waals surface area (Å²) in [6.45, 7) is 9.08. The van der Waals surface area contributed by atoms with Gasteiger partial charge in [0.15, 0.2) is 0 Å². The summed E-state index contributed by atoms with van der Waals surface area (Å²) in [5, 5.41) is 0. The summed E-state index contributed by atoms with van der Waals surface area (Å²) in [4.78, 5) is 21.7. The summed E-state index contributed by atoms with van der Waals surface area (Å²) in [7, 11) is 0. The zero-order valence-electron chi connectivity index (χ0n) is 17.2. The lowest BCUT2D eigenvalue weighted by atomic mass is 10.1. The second kappa shape index (κ2) is 22.9. The van der Waals surface area contributed by atoms with Gasteiger partial charge in [0, 0.05) is 12.8 Å². The number of carbonyl (C=O) groups excluding carboxylic acids is 2. The first kappa shape index (κ1) is 26.2. The average Bonchev–Trinajstić information content (AvgIpc) is 2.59. The van der Waals surface area contributed by atoms with Gasteiger partial charge in [-0.05, 0) is 26.7 Å². The minimum absolute atomic E-state index is 0.0407. The van der Waals surface area contributed by atoms with Crippen molar-refractivity contribution in [2.24, 2.45) is 0 Å². The van der Waals surface area contributed by atoms with E-state index in [0.717, 1.165) is 19.3 Å². The molecule has 0 aromatic heterocycles. The highest BCUT2D eigenvalue weighted by molar-refractivity contribution is 5.69. The SMILES string of the molecule is CCCCCCC(=O)OCC.CCCCCCCCCC(=O)OCC. The number of hydrogen-bond acceptors (Lipinski definition) is 4. The summed E-state index contributed by atoms with van der Waals surface area (Å²) in [5.41, 5.74) is 0. The normalized spacial score (nSPS) is 9.92. The van der Waals surface area contributed by atoms with E-state index < -0.39 is 0 Å². The molecule has 0 radical (unpaired) electrons. The molecule has 0 atom stereocenters. The number of hydrogen-bond donors (Lipinski definition) is 0. The highest BCUT2D eigenvalue weighted by Gasteiger charge is 2.00. The van der Waals surface area contributed by atoms with Crippen LogP contribution >= 0.6 is 0 Å². The van der Waals surface area contributed by atoms with E-state index in [-0.39, 0.29) is 11.9 Å². The first-order valence-corrected chi connectivity index (χ1v) is 10.4. The molecule has 4 nitrogen and oxygen atoms in total. The van der Waals surface area contributed by atoms with Gasteiger partial charge in [-0.25, -0.2) is 0 Å². The van der Waals surface area contributed by atoms with Crippen molar-refractivity contribution in [1.29, 1.82) is 0 Å². The van der Waals surface area contributed by atoms with Crippen LogP contribution < -0.4 is 0 Å². The molecule has 0 N–H and O–H groups in total. The molecule has 4 heteroatoms. The highest BCUT2D eigenvalue weighted by atomic mass is 16.5. The largest absolute Gasteiger partial charge is 0.466 e. The van der Waals surface area contributed by atoms with Crippen molar-refractivity contribution in [1.82, 2.24) is 0 Å². The third-order valence-corrected chi connectivity index (χ3v) is 3.83. The van der Waals surface area contributed by atoms with E-state index in [9.17, 15) is 9.59 Å². The van der Waals surface area contributed by atoms with E-state index in [1.54, 1.807) is 0 Å². The molecule has 25 heavy (non-hydrogen) atoms. The Kier molecular flexibility index (Phi) is 24.0. The van der Waals surface area contributed by atoms with Crippen molar-refractivity contribution in [2.75, 3.05) is 13.2 Å². The Labute approximate surface area is 156 Å².